The number of anilines is 1. The molecule has 1 saturated heterocycles. The van der Waals surface area contributed by atoms with E-state index in [1.807, 2.05) is 19.2 Å². The van der Waals surface area contributed by atoms with E-state index in [0.29, 0.717) is 5.69 Å². The Morgan fingerprint density at radius 2 is 1.89 bits per heavy atom. The van der Waals surface area contributed by atoms with Gasteiger partial charge in [-0.3, -0.25) is 4.79 Å². The summed E-state index contributed by atoms with van der Waals surface area (Å²) >= 11 is 0. The summed E-state index contributed by atoms with van der Waals surface area (Å²) < 4.78 is 1.68. The molecule has 0 saturated carbocycles. The zero-order valence-corrected chi connectivity index (χ0v) is 11.2. The average Bonchev–Trinajstić information content (AvgIpc) is 2.63. The molecular weight excluding hydrogens is 240 g/mol. The summed E-state index contributed by atoms with van der Waals surface area (Å²) in [5.74, 6) is 0.995. The van der Waals surface area contributed by atoms with Gasteiger partial charge in [-0.2, -0.15) is 5.10 Å². The van der Waals surface area contributed by atoms with E-state index in [-0.39, 0.29) is 0 Å². The Morgan fingerprint density at radius 1 is 1.16 bits per heavy atom. The number of aldehydes is 1. The lowest BCUT2D eigenvalue weighted by molar-refractivity contribution is 0.111. The molecule has 100 valence electrons. The van der Waals surface area contributed by atoms with E-state index in [1.54, 1.807) is 4.68 Å². The largest absolute Gasteiger partial charge is 0.357 e. The average molecular weight is 258 g/mol. The molecule has 0 atom stereocenters. The first-order valence-electron chi connectivity index (χ1n) is 6.83. The molecule has 5 nitrogen and oxygen atoms in total. The number of pyridine rings is 1. The molecule has 0 amide bonds. The first-order chi connectivity index (χ1) is 9.29. The van der Waals surface area contributed by atoms with Gasteiger partial charge in [0, 0.05) is 25.5 Å². The second kappa shape index (κ2) is 4.99. The van der Waals surface area contributed by atoms with Crippen LogP contribution in [0.2, 0.25) is 0 Å². The molecule has 3 heterocycles. The molecule has 0 unspecified atom stereocenters. The minimum Gasteiger partial charge on any atom is -0.357 e. The predicted octanol–water partition coefficient (Wildman–Crippen LogP) is 2.16. The molecule has 19 heavy (non-hydrogen) atoms. The molecule has 5 heteroatoms. The Morgan fingerprint density at radius 3 is 2.58 bits per heavy atom. The third kappa shape index (κ3) is 2.20. The quantitative estimate of drug-likeness (QED) is 0.775. The maximum Gasteiger partial charge on any atom is 0.171 e. The highest BCUT2D eigenvalue weighted by Crippen LogP contribution is 2.22. The first-order valence-corrected chi connectivity index (χ1v) is 6.83. The van der Waals surface area contributed by atoms with Gasteiger partial charge in [0.25, 0.3) is 0 Å². The summed E-state index contributed by atoms with van der Waals surface area (Å²) in [6.45, 7) is 2.13. The highest BCUT2D eigenvalue weighted by molar-refractivity contribution is 5.94. The Labute approximate surface area is 112 Å². The van der Waals surface area contributed by atoms with Gasteiger partial charge < -0.3 is 4.90 Å². The van der Waals surface area contributed by atoms with Crippen molar-refractivity contribution in [3.63, 3.8) is 0 Å². The number of carbonyl (C=O) groups is 1. The number of carbonyl (C=O) groups excluding carboxylic acids is 1. The van der Waals surface area contributed by atoms with Gasteiger partial charge in [0.05, 0.1) is 0 Å². The molecule has 1 fully saturated rings. The molecule has 1 aliphatic rings. The molecule has 0 aliphatic carbocycles. The van der Waals surface area contributed by atoms with Crippen molar-refractivity contribution in [1.82, 2.24) is 14.8 Å². The maximum absolute atomic E-state index is 11.0. The minimum absolute atomic E-state index is 0.465. The molecule has 1 aliphatic heterocycles. The van der Waals surface area contributed by atoms with Crippen LogP contribution in [-0.4, -0.2) is 34.1 Å². The summed E-state index contributed by atoms with van der Waals surface area (Å²) in [7, 11) is 1.83. The molecule has 2 aromatic heterocycles. The lowest BCUT2D eigenvalue weighted by Crippen LogP contribution is -2.24. The standard InChI is InChI=1S/C14H18N4O/c1-17-14-11(12(10-19)16-17)6-7-13(15-14)18-8-4-2-3-5-9-18/h6-7,10H,2-5,8-9H2,1H3. The summed E-state index contributed by atoms with van der Waals surface area (Å²) in [4.78, 5) is 18.0. The van der Waals surface area contributed by atoms with E-state index in [2.05, 4.69) is 15.0 Å². The number of aryl methyl sites for hydroxylation is 1. The number of fused-ring (bicyclic) bond motifs is 1. The molecule has 0 aromatic carbocycles. The zero-order chi connectivity index (χ0) is 13.2. The number of hydrogen-bond donors (Lipinski definition) is 0. The molecule has 0 N–H and O–H groups in total. The monoisotopic (exact) mass is 258 g/mol. The molecule has 0 spiro atoms. The molecule has 0 radical (unpaired) electrons. The Bertz CT molecular complexity index is 597. The van der Waals surface area contributed by atoms with Crippen molar-refractivity contribution in [2.24, 2.45) is 7.05 Å². The second-order valence-corrected chi connectivity index (χ2v) is 5.07. The van der Waals surface area contributed by atoms with Crippen LogP contribution in [0.5, 0.6) is 0 Å². The van der Waals surface area contributed by atoms with Crippen LogP contribution in [0.25, 0.3) is 11.0 Å². The van der Waals surface area contributed by atoms with Gasteiger partial charge >= 0.3 is 0 Å². The normalized spacial score (nSPS) is 16.6. The van der Waals surface area contributed by atoms with Crippen molar-refractivity contribution in [2.75, 3.05) is 18.0 Å². The summed E-state index contributed by atoms with van der Waals surface area (Å²) in [6.07, 6.45) is 5.85. The topological polar surface area (TPSA) is 51.0 Å². The number of nitrogens with zero attached hydrogens (tertiary/aromatic N) is 4. The lowest BCUT2D eigenvalue weighted by Gasteiger charge is -2.21. The fourth-order valence-corrected chi connectivity index (χ4v) is 2.71. The first kappa shape index (κ1) is 12.1. The number of aromatic nitrogens is 3. The second-order valence-electron chi connectivity index (χ2n) is 5.07. The minimum atomic E-state index is 0.465. The highest BCUT2D eigenvalue weighted by Gasteiger charge is 2.14. The predicted molar refractivity (Wildman–Crippen MR) is 74.6 cm³/mol. The van der Waals surface area contributed by atoms with Gasteiger partial charge in [-0.1, -0.05) is 12.8 Å². The van der Waals surface area contributed by atoms with Crippen LogP contribution in [0.15, 0.2) is 12.1 Å². The van der Waals surface area contributed by atoms with Crippen molar-refractivity contribution < 1.29 is 4.79 Å². The van der Waals surface area contributed by atoms with E-state index in [0.717, 1.165) is 36.2 Å². The smallest absolute Gasteiger partial charge is 0.171 e. The van der Waals surface area contributed by atoms with Crippen molar-refractivity contribution in [2.45, 2.75) is 25.7 Å². The molecule has 3 rings (SSSR count). The van der Waals surface area contributed by atoms with Crippen LogP contribution in [0.3, 0.4) is 0 Å². The molecular formula is C14H18N4O. The lowest BCUT2D eigenvalue weighted by atomic mass is 10.2. The molecule has 0 bridgehead atoms. The van der Waals surface area contributed by atoms with Crippen LogP contribution < -0.4 is 4.90 Å². The molecule has 2 aromatic rings. The van der Waals surface area contributed by atoms with Gasteiger partial charge in [0.1, 0.15) is 11.5 Å². The third-order valence-electron chi connectivity index (χ3n) is 3.74. The van der Waals surface area contributed by atoms with Crippen LogP contribution in [0.1, 0.15) is 36.2 Å². The van der Waals surface area contributed by atoms with E-state index in [1.165, 1.54) is 25.7 Å². The zero-order valence-electron chi connectivity index (χ0n) is 11.2. The van der Waals surface area contributed by atoms with Crippen molar-refractivity contribution >= 4 is 23.1 Å². The summed E-state index contributed by atoms with van der Waals surface area (Å²) in [5.41, 5.74) is 1.25. The van der Waals surface area contributed by atoms with E-state index in [4.69, 9.17) is 0 Å². The number of hydrogen-bond acceptors (Lipinski definition) is 4. The highest BCUT2D eigenvalue weighted by atomic mass is 16.1. The van der Waals surface area contributed by atoms with Gasteiger partial charge in [-0.15, -0.1) is 0 Å². The fourth-order valence-electron chi connectivity index (χ4n) is 2.71. The Hall–Kier alpha value is -1.91. The van der Waals surface area contributed by atoms with E-state index >= 15 is 0 Å². The van der Waals surface area contributed by atoms with Gasteiger partial charge in [0.15, 0.2) is 11.9 Å². The fraction of sp³-hybridized carbons (Fsp3) is 0.500. The van der Waals surface area contributed by atoms with Crippen molar-refractivity contribution in [1.29, 1.82) is 0 Å². The van der Waals surface area contributed by atoms with Crippen molar-refractivity contribution in [3.8, 4) is 0 Å². The van der Waals surface area contributed by atoms with Gasteiger partial charge in [-0.25, -0.2) is 9.67 Å². The van der Waals surface area contributed by atoms with Gasteiger partial charge in [-0.05, 0) is 25.0 Å². The summed E-state index contributed by atoms with van der Waals surface area (Å²) in [5, 5.41) is 5.01. The van der Waals surface area contributed by atoms with E-state index < -0.39 is 0 Å². The van der Waals surface area contributed by atoms with Crippen LogP contribution in [0, 0.1) is 0 Å². The maximum atomic E-state index is 11.0. The Balaban J connectivity index is 2.00. The van der Waals surface area contributed by atoms with Gasteiger partial charge in [0.2, 0.25) is 0 Å². The van der Waals surface area contributed by atoms with Crippen LogP contribution >= 0.6 is 0 Å². The van der Waals surface area contributed by atoms with E-state index in [9.17, 15) is 4.79 Å². The van der Waals surface area contributed by atoms with Crippen LogP contribution in [0.4, 0.5) is 5.82 Å². The summed E-state index contributed by atoms with van der Waals surface area (Å²) in [6, 6.07) is 3.96. The van der Waals surface area contributed by atoms with Crippen LogP contribution in [-0.2, 0) is 7.05 Å². The van der Waals surface area contributed by atoms with Crippen molar-refractivity contribution in [3.05, 3.63) is 17.8 Å². The SMILES string of the molecule is Cn1nc(C=O)c2ccc(N3CCCCCC3)nc21. The third-order valence-corrected chi connectivity index (χ3v) is 3.74. The number of rotatable bonds is 2. The Kier molecular flexibility index (Phi) is 3.19.